The molecule has 0 saturated carbocycles. The standard InChI is InChI=1S/C23H32N2O2Si/c1-6-16-15-25-12-10-17(16)13-22(25)23(27-28(3,4)5)19-9-11-24-21-8-7-18(26-2)14-20(19)21/h6-9,11,14,16-17,22-23H,1,10,12-13,15H2,2-5H3/t16?,17?,22-,23+/m1/s1. The highest BCUT2D eigenvalue weighted by Crippen LogP contribution is 2.44. The smallest absolute Gasteiger partial charge is 0.184 e. The topological polar surface area (TPSA) is 34.6 Å². The maximum atomic E-state index is 6.87. The molecule has 5 atom stereocenters. The summed E-state index contributed by atoms with van der Waals surface area (Å²) < 4.78 is 12.4. The second-order valence-corrected chi connectivity index (χ2v) is 13.6. The second kappa shape index (κ2) is 7.62. The van der Waals surface area contributed by atoms with Gasteiger partial charge in [0.05, 0.1) is 18.7 Å². The minimum atomic E-state index is -1.75. The SMILES string of the molecule is C=CC1CN2CCC1C[C@@H]2[C@@H](O[Si](C)(C)C)c1ccnc2ccc(OC)cc12. The molecule has 28 heavy (non-hydrogen) atoms. The van der Waals surface area contributed by atoms with Gasteiger partial charge in [0.15, 0.2) is 8.32 Å². The highest BCUT2D eigenvalue weighted by atomic mass is 28.4. The molecule has 4 nitrogen and oxygen atoms in total. The number of hydrogen-bond donors (Lipinski definition) is 0. The number of rotatable bonds is 6. The van der Waals surface area contributed by atoms with Crippen molar-refractivity contribution in [1.29, 1.82) is 0 Å². The van der Waals surface area contributed by atoms with Gasteiger partial charge in [0, 0.05) is 24.2 Å². The van der Waals surface area contributed by atoms with E-state index < -0.39 is 8.32 Å². The molecule has 150 valence electrons. The van der Waals surface area contributed by atoms with Crippen molar-refractivity contribution >= 4 is 19.2 Å². The molecular formula is C23H32N2O2Si. The Bertz CT molecular complexity index is 863. The molecule has 1 aromatic carbocycles. The van der Waals surface area contributed by atoms with E-state index in [9.17, 15) is 0 Å². The van der Waals surface area contributed by atoms with Crippen LogP contribution in [0, 0.1) is 11.8 Å². The zero-order valence-electron chi connectivity index (χ0n) is 17.5. The molecule has 0 amide bonds. The average Bonchev–Trinajstić information content (AvgIpc) is 2.70. The van der Waals surface area contributed by atoms with Crippen LogP contribution >= 0.6 is 0 Å². The number of pyridine rings is 1. The highest BCUT2D eigenvalue weighted by Gasteiger charge is 2.44. The van der Waals surface area contributed by atoms with Crippen molar-refractivity contribution in [1.82, 2.24) is 9.88 Å². The second-order valence-electron chi connectivity index (χ2n) is 9.18. The van der Waals surface area contributed by atoms with Gasteiger partial charge in [-0.05, 0) is 80.7 Å². The summed E-state index contributed by atoms with van der Waals surface area (Å²) in [5, 5.41) is 1.15. The van der Waals surface area contributed by atoms with Gasteiger partial charge in [-0.3, -0.25) is 9.88 Å². The van der Waals surface area contributed by atoms with E-state index in [0.717, 1.165) is 35.7 Å². The van der Waals surface area contributed by atoms with Crippen LogP contribution in [-0.4, -0.2) is 44.4 Å². The third-order valence-electron chi connectivity index (χ3n) is 6.27. The Labute approximate surface area is 169 Å². The minimum Gasteiger partial charge on any atom is -0.497 e. The maximum Gasteiger partial charge on any atom is 0.184 e. The lowest BCUT2D eigenvalue weighted by atomic mass is 9.73. The molecule has 3 unspecified atom stereocenters. The van der Waals surface area contributed by atoms with Crippen molar-refractivity contribution < 1.29 is 9.16 Å². The summed E-state index contributed by atoms with van der Waals surface area (Å²) in [6, 6.07) is 8.71. The zero-order chi connectivity index (χ0) is 19.9. The first-order valence-corrected chi connectivity index (χ1v) is 13.8. The van der Waals surface area contributed by atoms with Crippen LogP contribution in [0.25, 0.3) is 10.9 Å². The van der Waals surface area contributed by atoms with Crippen LogP contribution in [0.3, 0.4) is 0 Å². The van der Waals surface area contributed by atoms with Gasteiger partial charge < -0.3 is 9.16 Å². The Balaban J connectivity index is 1.78. The molecule has 5 rings (SSSR count). The van der Waals surface area contributed by atoms with Crippen LogP contribution in [0.5, 0.6) is 5.75 Å². The summed E-state index contributed by atoms with van der Waals surface area (Å²) >= 11 is 0. The van der Waals surface area contributed by atoms with E-state index in [-0.39, 0.29) is 6.10 Å². The number of ether oxygens (including phenoxy) is 1. The molecule has 3 aliphatic rings. The molecule has 0 spiro atoms. The molecule has 0 N–H and O–H groups in total. The Hall–Kier alpha value is -1.69. The third-order valence-corrected chi connectivity index (χ3v) is 7.23. The van der Waals surface area contributed by atoms with Crippen LogP contribution in [0.4, 0.5) is 0 Å². The van der Waals surface area contributed by atoms with Crippen LogP contribution in [0.15, 0.2) is 43.1 Å². The van der Waals surface area contributed by atoms with Gasteiger partial charge in [0.25, 0.3) is 0 Å². The first-order valence-electron chi connectivity index (χ1n) is 10.4. The molecule has 2 bridgehead atoms. The van der Waals surface area contributed by atoms with Gasteiger partial charge in [-0.15, -0.1) is 6.58 Å². The first kappa shape index (κ1) is 19.6. The van der Waals surface area contributed by atoms with Crippen LogP contribution in [0.2, 0.25) is 19.6 Å². The minimum absolute atomic E-state index is 0.0674. The normalized spacial score (nSPS) is 28.3. The van der Waals surface area contributed by atoms with Gasteiger partial charge in [0.2, 0.25) is 0 Å². The van der Waals surface area contributed by atoms with Crippen molar-refractivity contribution in [2.45, 2.75) is 44.6 Å². The number of methoxy groups -OCH3 is 1. The van der Waals surface area contributed by atoms with Gasteiger partial charge in [0.1, 0.15) is 5.75 Å². The summed E-state index contributed by atoms with van der Waals surface area (Å²) in [5.74, 6) is 2.21. The van der Waals surface area contributed by atoms with E-state index in [1.54, 1.807) is 7.11 Å². The van der Waals surface area contributed by atoms with E-state index in [1.807, 2.05) is 18.3 Å². The predicted molar refractivity (Wildman–Crippen MR) is 117 cm³/mol. The van der Waals surface area contributed by atoms with E-state index in [2.05, 4.69) is 54.3 Å². The number of nitrogens with zero attached hydrogens (tertiary/aromatic N) is 2. The first-order chi connectivity index (χ1) is 13.4. The molecular weight excluding hydrogens is 364 g/mol. The van der Waals surface area contributed by atoms with Crippen molar-refractivity contribution in [2.24, 2.45) is 11.8 Å². The Kier molecular flexibility index (Phi) is 5.34. The zero-order valence-corrected chi connectivity index (χ0v) is 18.5. The van der Waals surface area contributed by atoms with Crippen LogP contribution in [-0.2, 0) is 4.43 Å². The molecule has 0 radical (unpaired) electrons. The fourth-order valence-corrected chi connectivity index (χ4v) is 5.99. The molecule has 3 aliphatic heterocycles. The summed E-state index contributed by atoms with van der Waals surface area (Å²) in [5.41, 5.74) is 2.25. The molecule has 1 aromatic heterocycles. The molecule has 3 fully saturated rings. The number of hydrogen-bond acceptors (Lipinski definition) is 4. The molecule has 5 heteroatoms. The van der Waals surface area contributed by atoms with Gasteiger partial charge in [-0.25, -0.2) is 0 Å². The van der Waals surface area contributed by atoms with E-state index in [1.165, 1.54) is 18.4 Å². The molecule has 3 saturated heterocycles. The lowest BCUT2D eigenvalue weighted by molar-refractivity contribution is -0.0382. The lowest BCUT2D eigenvalue weighted by Gasteiger charge is -2.52. The third kappa shape index (κ3) is 3.75. The van der Waals surface area contributed by atoms with E-state index >= 15 is 0 Å². The molecule has 2 aromatic rings. The summed E-state index contributed by atoms with van der Waals surface area (Å²) in [6.07, 6.45) is 6.61. The maximum absolute atomic E-state index is 6.87. The quantitative estimate of drug-likeness (QED) is 0.506. The van der Waals surface area contributed by atoms with E-state index in [4.69, 9.17) is 9.16 Å². The monoisotopic (exact) mass is 396 g/mol. The number of fused-ring (bicyclic) bond motifs is 4. The largest absolute Gasteiger partial charge is 0.497 e. The van der Waals surface area contributed by atoms with Crippen LogP contribution in [0.1, 0.15) is 24.5 Å². The Morgan fingerprint density at radius 3 is 2.75 bits per heavy atom. The Morgan fingerprint density at radius 2 is 2.11 bits per heavy atom. The van der Waals surface area contributed by atoms with Crippen LogP contribution < -0.4 is 4.74 Å². The number of piperidine rings is 3. The van der Waals surface area contributed by atoms with Gasteiger partial charge in [-0.2, -0.15) is 0 Å². The van der Waals surface area contributed by atoms with Crippen molar-refractivity contribution in [3.63, 3.8) is 0 Å². The fraction of sp³-hybridized carbons (Fsp3) is 0.522. The van der Waals surface area contributed by atoms with Crippen molar-refractivity contribution in [3.05, 3.63) is 48.7 Å². The van der Waals surface area contributed by atoms with Crippen molar-refractivity contribution in [2.75, 3.05) is 20.2 Å². The lowest BCUT2D eigenvalue weighted by Crippen LogP contribution is -2.56. The highest BCUT2D eigenvalue weighted by molar-refractivity contribution is 6.69. The molecule has 4 heterocycles. The summed E-state index contributed by atoms with van der Waals surface area (Å²) in [7, 11) is -0.0309. The number of aromatic nitrogens is 1. The predicted octanol–water partition coefficient (Wildman–Crippen LogP) is 5.03. The summed E-state index contributed by atoms with van der Waals surface area (Å²) in [6.45, 7) is 13.2. The summed E-state index contributed by atoms with van der Waals surface area (Å²) in [4.78, 5) is 7.23. The van der Waals surface area contributed by atoms with E-state index in [0.29, 0.717) is 12.0 Å². The molecule has 0 aliphatic carbocycles. The fourth-order valence-electron chi connectivity index (χ4n) is 4.94. The average molecular weight is 397 g/mol. The van der Waals surface area contributed by atoms with Gasteiger partial charge >= 0.3 is 0 Å². The van der Waals surface area contributed by atoms with Crippen molar-refractivity contribution in [3.8, 4) is 5.75 Å². The number of benzene rings is 1. The van der Waals surface area contributed by atoms with Gasteiger partial charge in [-0.1, -0.05) is 6.08 Å². The Morgan fingerprint density at radius 1 is 1.29 bits per heavy atom.